The number of aryl methyl sites for hydroxylation is 1. The fourth-order valence-corrected chi connectivity index (χ4v) is 3.12. The van der Waals surface area contributed by atoms with Gasteiger partial charge in [0.2, 0.25) is 0 Å². The monoisotopic (exact) mass is 295 g/mol. The third kappa shape index (κ3) is 3.24. The third-order valence-electron chi connectivity index (χ3n) is 2.40. The topological polar surface area (TPSA) is 78.1 Å². The van der Waals surface area contributed by atoms with Crippen molar-refractivity contribution in [3.05, 3.63) is 29.6 Å². The molecule has 2 N–H and O–H groups in total. The zero-order valence-electron chi connectivity index (χ0n) is 10.5. The number of carbonyl (C=O) groups excluding carboxylic acids is 1. The van der Waals surface area contributed by atoms with Gasteiger partial charge in [0.25, 0.3) is 0 Å². The Morgan fingerprint density at radius 3 is 2.95 bits per heavy atom. The summed E-state index contributed by atoms with van der Waals surface area (Å²) >= 11 is 2.80. The van der Waals surface area contributed by atoms with Gasteiger partial charge < -0.3 is 10.5 Å². The van der Waals surface area contributed by atoms with Gasteiger partial charge in [0.1, 0.15) is 5.82 Å². The van der Waals surface area contributed by atoms with Crippen LogP contribution in [0.2, 0.25) is 0 Å². The lowest BCUT2D eigenvalue weighted by molar-refractivity contribution is 0.0601. The fourth-order valence-electron chi connectivity index (χ4n) is 1.41. The van der Waals surface area contributed by atoms with Crippen LogP contribution < -0.4 is 5.73 Å². The molecule has 0 atom stereocenters. The number of ether oxygens (including phenoxy) is 1. The van der Waals surface area contributed by atoms with Gasteiger partial charge in [-0.1, -0.05) is 18.7 Å². The molecular formula is C12H13N3O2S2. The maximum atomic E-state index is 11.6. The highest BCUT2D eigenvalue weighted by molar-refractivity contribution is 8.01. The third-order valence-corrected chi connectivity index (χ3v) is 4.18. The zero-order chi connectivity index (χ0) is 13.8. The Labute approximate surface area is 119 Å². The van der Waals surface area contributed by atoms with Gasteiger partial charge >= 0.3 is 5.97 Å². The van der Waals surface area contributed by atoms with E-state index in [0.29, 0.717) is 11.3 Å². The second-order valence-electron chi connectivity index (χ2n) is 3.67. The van der Waals surface area contributed by atoms with E-state index in [1.54, 1.807) is 12.1 Å². The molecule has 0 radical (unpaired) electrons. The summed E-state index contributed by atoms with van der Waals surface area (Å²) in [5.41, 5.74) is 6.52. The lowest BCUT2D eigenvalue weighted by Gasteiger charge is -2.05. The number of carbonyl (C=O) groups is 1. The lowest BCUT2D eigenvalue weighted by atomic mass is 10.2. The van der Waals surface area contributed by atoms with E-state index in [1.807, 2.05) is 13.0 Å². The summed E-state index contributed by atoms with van der Waals surface area (Å²) in [6.45, 7) is 2.01. The van der Waals surface area contributed by atoms with E-state index in [9.17, 15) is 4.79 Å². The molecule has 0 saturated carbocycles. The van der Waals surface area contributed by atoms with Crippen molar-refractivity contribution in [2.24, 2.45) is 0 Å². The maximum Gasteiger partial charge on any atom is 0.339 e. The highest BCUT2D eigenvalue weighted by Crippen LogP contribution is 2.31. The summed E-state index contributed by atoms with van der Waals surface area (Å²) in [7, 11) is 1.33. The lowest BCUT2D eigenvalue weighted by Crippen LogP contribution is -2.05. The zero-order valence-corrected chi connectivity index (χ0v) is 12.2. The van der Waals surface area contributed by atoms with Gasteiger partial charge in [-0.3, -0.25) is 0 Å². The number of methoxy groups -OCH3 is 1. The first-order chi connectivity index (χ1) is 9.13. The van der Waals surface area contributed by atoms with Crippen LogP contribution in [0.25, 0.3) is 0 Å². The number of nitrogens with two attached hydrogens (primary N) is 1. The van der Waals surface area contributed by atoms with Crippen LogP contribution in [-0.2, 0) is 11.2 Å². The Hall–Kier alpha value is -1.60. The fraction of sp³-hybridized carbons (Fsp3) is 0.250. The molecule has 0 bridgehead atoms. The van der Waals surface area contributed by atoms with Crippen molar-refractivity contribution < 1.29 is 9.53 Å². The standard InChI is InChI=1S/C12H13N3O2S2/c1-3-10-14-12(19-15-10)18-7-4-5-9(13)8(6-7)11(16)17-2/h4-6H,3,13H2,1-2H3. The Morgan fingerprint density at radius 2 is 2.32 bits per heavy atom. The largest absolute Gasteiger partial charge is 0.465 e. The number of nitrogens with zero attached hydrogens (tertiary/aromatic N) is 2. The van der Waals surface area contributed by atoms with Crippen molar-refractivity contribution in [3.8, 4) is 0 Å². The van der Waals surface area contributed by atoms with E-state index in [-0.39, 0.29) is 0 Å². The van der Waals surface area contributed by atoms with Gasteiger partial charge in [-0.15, -0.1) is 0 Å². The van der Waals surface area contributed by atoms with E-state index in [1.165, 1.54) is 30.4 Å². The number of hydrogen-bond donors (Lipinski definition) is 1. The summed E-state index contributed by atoms with van der Waals surface area (Å²) in [4.78, 5) is 16.8. The summed E-state index contributed by atoms with van der Waals surface area (Å²) in [6, 6.07) is 5.24. The molecular weight excluding hydrogens is 282 g/mol. The number of anilines is 1. The van der Waals surface area contributed by atoms with E-state index < -0.39 is 5.97 Å². The number of nitrogen functional groups attached to an aromatic ring is 1. The van der Waals surface area contributed by atoms with Crippen molar-refractivity contribution in [2.45, 2.75) is 22.6 Å². The highest BCUT2D eigenvalue weighted by Gasteiger charge is 2.12. The van der Waals surface area contributed by atoms with Gasteiger partial charge in [-0.25, -0.2) is 9.78 Å². The number of aromatic nitrogens is 2. The van der Waals surface area contributed by atoms with Gasteiger partial charge in [0.15, 0.2) is 4.34 Å². The molecule has 1 heterocycles. The molecule has 0 unspecified atom stereocenters. The highest BCUT2D eigenvalue weighted by atomic mass is 32.2. The second kappa shape index (κ2) is 6.03. The number of rotatable bonds is 4. The Bertz CT molecular complexity index is 598. The van der Waals surface area contributed by atoms with Crippen molar-refractivity contribution >= 4 is 35.0 Å². The van der Waals surface area contributed by atoms with E-state index in [4.69, 9.17) is 10.5 Å². The Morgan fingerprint density at radius 1 is 1.53 bits per heavy atom. The molecule has 0 saturated heterocycles. The Kier molecular flexibility index (Phi) is 4.39. The quantitative estimate of drug-likeness (QED) is 0.690. The first-order valence-corrected chi connectivity index (χ1v) is 7.21. The summed E-state index contributed by atoms with van der Waals surface area (Å²) in [5, 5.41) is 0. The van der Waals surface area contributed by atoms with Crippen molar-refractivity contribution in [2.75, 3.05) is 12.8 Å². The normalized spacial score (nSPS) is 10.4. The van der Waals surface area contributed by atoms with Crippen LogP contribution in [0.1, 0.15) is 23.1 Å². The van der Waals surface area contributed by atoms with Crippen LogP contribution in [0.3, 0.4) is 0 Å². The molecule has 100 valence electrons. The number of benzene rings is 1. The predicted octanol–water partition coefficient (Wildman–Crippen LogP) is 2.62. The molecule has 2 aromatic rings. The van der Waals surface area contributed by atoms with Crippen LogP contribution in [-0.4, -0.2) is 22.4 Å². The van der Waals surface area contributed by atoms with Gasteiger partial charge in [-0.05, 0) is 29.7 Å². The predicted molar refractivity (Wildman–Crippen MR) is 75.6 cm³/mol. The average molecular weight is 295 g/mol. The van der Waals surface area contributed by atoms with Crippen LogP contribution in [0.4, 0.5) is 5.69 Å². The van der Waals surface area contributed by atoms with Gasteiger partial charge in [0, 0.05) is 17.0 Å². The molecule has 0 spiro atoms. The minimum absolute atomic E-state index is 0.368. The summed E-state index contributed by atoms with van der Waals surface area (Å²) in [6.07, 6.45) is 0.812. The van der Waals surface area contributed by atoms with Crippen LogP contribution in [0.5, 0.6) is 0 Å². The SMILES string of the molecule is CCc1nsc(Sc2ccc(N)c(C(=O)OC)c2)n1. The molecule has 5 nitrogen and oxygen atoms in total. The van der Waals surface area contributed by atoms with Crippen LogP contribution >= 0.6 is 23.3 Å². The molecule has 7 heteroatoms. The van der Waals surface area contributed by atoms with Gasteiger partial charge in [-0.2, -0.15) is 4.37 Å². The first kappa shape index (κ1) is 13.8. The average Bonchev–Trinajstić information content (AvgIpc) is 2.87. The number of esters is 1. The second-order valence-corrected chi connectivity index (χ2v) is 5.75. The smallest absolute Gasteiger partial charge is 0.339 e. The minimum Gasteiger partial charge on any atom is -0.465 e. The molecule has 1 aromatic heterocycles. The molecule has 19 heavy (non-hydrogen) atoms. The molecule has 2 rings (SSSR count). The van der Waals surface area contributed by atoms with E-state index in [0.717, 1.165) is 21.5 Å². The molecule has 0 aliphatic rings. The molecule has 0 amide bonds. The van der Waals surface area contributed by atoms with E-state index >= 15 is 0 Å². The summed E-state index contributed by atoms with van der Waals surface area (Å²) < 4.78 is 9.75. The van der Waals surface area contributed by atoms with Crippen molar-refractivity contribution in [1.29, 1.82) is 0 Å². The summed E-state index contributed by atoms with van der Waals surface area (Å²) in [5.74, 6) is 0.391. The molecule has 0 aliphatic carbocycles. The van der Waals surface area contributed by atoms with Crippen molar-refractivity contribution in [3.63, 3.8) is 0 Å². The van der Waals surface area contributed by atoms with Crippen LogP contribution in [0.15, 0.2) is 27.4 Å². The molecule has 0 aliphatic heterocycles. The molecule has 1 aromatic carbocycles. The van der Waals surface area contributed by atoms with Crippen LogP contribution in [0, 0.1) is 0 Å². The first-order valence-electron chi connectivity index (χ1n) is 5.62. The Balaban J connectivity index is 2.23. The van der Waals surface area contributed by atoms with Gasteiger partial charge in [0.05, 0.1) is 12.7 Å². The van der Waals surface area contributed by atoms with Crippen molar-refractivity contribution in [1.82, 2.24) is 9.36 Å². The molecule has 0 fully saturated rings. The van der Waals surface area contributed by atoms with E-state index in [2.05, 4.69) is 9.36 Å². The maximum absolute atomic E-state index is 11.6. The number of hydrogen-bond acceptors (Lipinski definition) is 7. The minimum atomic E-state index is -0.438.